The van der Waals surface area contributed by atoms with Gasteiger partial charge in [0, 0.05) is 24.0 Å². The van der Waals surface area contributed by atoms with Crippen molar-refractivity contribution in [3.63, 3.8) is 0 Å². The quantitative estimate of drug-likeness (QED) is 0.641. The van der Waals surface area contributed by atoms with Crippen LogP contribution in [0.5, 0.6) is 0 Å². The Balaban J connectivity index is 1.98. The molecule has 1 saturated heterocycles. The van der Waals surface area contributed by atoms with Crippen molar-refractivity contribution in [2.75, 3.05) is 19.8 Å². The Labute approximate surface area is 97.0 Å². The molecule has 0 radical (unpaired) electrons. The average molecular weight is 229 g/mol. The molecule has 0 spiro atoms. The maximum absolute atomic E-state index is 9.11. The van der Waals surface area contributed by atoms with E-state index < -0.39 is 0 Å². The lowest BCUT2D eigenvalue weighted by Crippen LogP contribution is -2.71. The van der Waals surface area contributed by atoms with Gasteiger partial charge in [-0.25, -0.2) is 0 Å². The van der Waals surface area contributed by atoms with E-state index in [2.05, 4.69) is 19.2 Å². The maximum atomic E-state index is 9.11. The Bertz CT molecular complexity index is 240. The monoisotopic (exact) mass is 229 g/mol. The van der Waals surface area contributed by atoms with E-state index in [1.165, 1.54) is 6.42 Å². The van der Waals surface area contributed by atoms with Gasteiger partial charge in [-0.05, 0) is 12.8 Å². The molecular weight excluding hydrogens is 206 g/mol. The van der Waals surface area contributed by atoms with Gasteiger partial charge in [0.1, 0.15) is 0 Å². The highest BCUT2D eigenvalue weighted by Gasteiger charge is 2.57. The first kappa shape index (κ1) is 12.3. The standard InChI is InChI=1S/C12H23NO3/c1-12(2)10(13-8(6-14)7-15)9-4-3-5-16-11(9)12/h8-11,13-15H,3-7H2,1-2H3. The van der Waals surface area contributed by atoms with Crippen molar-refractivity contribution in [3.8, 4) is 0 Å². The van der Waals surface area contributed by atoms with Crippen LogP contribution >= 0.6 is 0 Å². The summed E-state index contributed by atoms with van der Waals surface area (Å²) in [5.41, 5.74) is 0.105. The maximum Gasteiger partial charge on any atom is 0.0684 e. The van der Waals surface area contributed by atoms with E-state index in [9.17, 15) is 0 Å². The number of hydrogen-bond donors (Lipinski definition) is 3. The van der Waals surface area contributed by atoms with Crippen LogP contribution in [0.25, 0.3) is 0 Å². The molecule has 0 aromatic rings. The normalized spacial score (nSPS) is 36.9. The van der Waals surface area contributed by atoms with E-state index in [4.69, 9.17) is 14.9 Å². The van der Waals surface area contributed by atoms with Crippen LogP contribution in [0.4, 0.5) is 0 Å². The molecular formula is C12H23NO3. The summed E-state index contributed by atoms with van der Waals surface area (Å²) in [6.07, 6.45) is 2.66. The van der Waals surface area contributed by atoms with Crippen molar-refractivity contribution < 1.29 is 14.9 Å². The zero-order chi connectivity index (χ0) is 11.8. The highest BCUT2D eigenvalue weighted by molar-refractivity contribution is 5.10. The second kappa shape index (κ2) is 4.61. The first-order valence-electron chi connectivity index (χ1n) is 6.20. The van der Waals surface area contributed by atoms with Crippen molar-refractivity contribution in [1.29, 1.82) is 0 Å². The molecule has 0 amide bonds. The summed E-state index contributed by atoms with van der Waals surface area (Å²) in [6, 6.07) is 0.147. The van der Waals surface area contributed by atoms with E-state index in [0.29, 0.717) is 18.1 Å². The Hall–Kier alpha value is -0.160. The van der Waals surface area contributed by atoms with Crippen LogP contribution in [-0.4, -0.2) is 48.2 Å². The molecule has 1 saturated carbocycles. The van der Waals surface area contributed by atoms with Gasteiger partial charge in [-0.3, -0.25) is 0 Å². The summed E-state index contributed by atoms with van der Waals surface area (Å²) in [5, 5.41) is 21.6. The lowest BCUT2D eigenvalue weighted by molar-refractivity contribution is -0.195. The summed E-state index contributed by atoms with van der Waals surface area (Å²) in [4.78, 5) is 0. The Morgan fingerprint density at radius 1 is 1.38 bits per heavy atom. The minimum Gasteiger partial charge on any atom is -0.395 e. The molecule has 2 aliphatic rings. The summed E-state index contributed by atoms with van der Waals surface area (Å²) in [6.45, 7) is 5.25. The molecule has 1 aliphatic heterocycles. The highest BCUT2D eigenvalue weighted by Crippen LogP contribution is 2.51. The molecule has 4 nitrogen and oxygen atoms in total. The van der Waals surface area contributed by atoms with E-state index in [0.717, 1.165) is 13.0 Å². The smallest absolute Gasteiger partial charge is 0.0684 e. The van der Waals surface area contributed by atoms with Crippen LogP contribution in [0.2, 0.25) is 0 Å². The van der Waals surface area contributed by atoms with E-state index in [1.54, 1.807) is 0 Å². The molecule has 2 fully saturated rings. The summed E-state index contributed by atoms with van der Waals surface area (Å²) in [5.74, 6) is 0.546. The van der Waals surface area contributed by atoms with Crippen molar-refractivity contribution in [2.24, 2.45) is 11.3 Å². The van der Waals surface area contributed by atoms with Crippen LogP contribution in [0, 0.1) is 11.3 Å². The number of rotatable bonds is 4. The Kier molecular flexibility index (Phi) is 3.54. The van der Waals surface area contributed by atoms with Gasteiger partial charge in [0.15, 0.2) is 0 Å². The van der Waals surface area contributed by atoms with E-state index in [1.807, 2.05) is 0 Å². The largest absolute Gasteiger partial charge is 0.395 e. The van der Waals surface area contributed by atoms with Crippen LogP contribution in [0.1, 0.15) is 26.7 Å². The van der Waals surface area contributed by atoms with Gasteiger partial charge in [0.25, 0.3) is 0 Å². The van der Waals surface area contributed by atoms with Gasteiger partial charge in [-0.15, -0.1) is 0 Å². The van der Waals surface area contributed by atoms with E-state index in [-0.39, 0.29) is 24.7 Å². The molecule has 4 heteroatoms. The van der Waals surface area contributed by atoms with Gasteiger partial charge in [0.05, 0.1) is 25.4 Å². The van der Waals surface area contributed by atoms with Gasteiger partial charge >= 0.3 is 0 Å². The fraction of sp³-hybridized carbons (Fsp3) is 1.00. The molecule has 1 heterocycles. The Morgan fingerprint density at radius 3 is 2.69 bits per heavy atom. The predicted molar refractivity (Wildman–Crippen MR) is 61.1 cm³/mol. The zero-order valence-corrected chi connectivity index (χ0v) is 10.1. The SMILES string of the molecule is CC1(C)C(NC(CO)CO)C2CCCOC21. The molecule has 3 N–H and O–H groups in total. The third-order valence-electron chi connectivity index (χ3n) is 4.19. The first-order chi connectivity index (χ1) is 7.61. The van der Waals surface area contributed by atoms with Gasteiger partial charge in [0.2, 0.25) is 0 Å². The summed E-state index contributed by atoms with van der Waals surface area (Å²) < 4.78 is 5.81. The van der Waals surface area contributed by atoms with Gasteiger partial charge in [-0.2, -0.15) is 0 Å². The lowest BCUT2D eigenvalue weighted by atomic mass is 9.55. The number of aliphatic hydroxyl groups excluding tert-OH is 2. The van der Waals surface area contributed by atoms with Crippen LogP contribution < -0.4 is 5.32 Å². The number of fused-ring (bicyclic) bond motifs is 1. The second-order valence-electron chi connectivity index (χ2n) is 5.63. The Morgan fingerprint density at radius 2 is 2.06 bits per heavy atom. The molecule has 94 valence electrons. The van der Waals surface area contributed by atoms with Crippen molar-refractivity contribution in [2.45, 2.75) is 44.9 Å². The fourth-order valence-corrected chi connectivity index (χ4v) is 3.28. The van der Waals surface area contributed by atoms with Gasteiger partial charge in [-0.1, -0.05) is 13.8 Å². The highest BCUT2D eigenvalue weighted by atomic mass is 16.5. The van der Waals surface area contributed by atoms with E-state index >= 15 is 0 Å². The topological polar surface area (TPSA) is 61.7 Å². The predicted octanol–water partition coefficient (Wildman–Crippen LogP) is 0.133. The molecule has 2 rings (SSSR count). The third kappa shape index (κ3) is 1.88. The molecule has 0 aromatic carbocycles. The second-order valence-corrected chi connectivity index (χ2v) is 5.63. The molecule has 0 aromatic heterocycles. The number of aliphatic hydroxyl groups is 2. The zero-order valence-electron chi connectivity index (χ0n) is 10.1. The summed E-state index contributed by atoms with van der Waals surface area (Å²) >= 11 is 0. The van der Waals surface area contributed by atoms with Crippen LogP contribution in [0.3, 0.4) is 0 Å². The lowest BCUT2D eigenvalue weighted by Gasteiger charge is -2.60. The fourth-order valence-electron chi connectivity index (χ4n) is 3.28. The number of nitrogens with one attached hydrogen (secondary N) is 1. The van der Waals surface area contributed by atoms with Crippen molar-refractivity contribution in [3.05, 3.63) is 0 Å². The minimum absolute atomic E-state index is 0.0126. The third-order valence-corrected chi connectivity index (χ3v) is 4.19. The van der Waals surface area contributed by atoms with Gasteiger partial charge < -0.3 is 20.3 Å². The molecule has 3 unspecified atom stereocenters. The van der Waals surface area contributed by atoms with Crippen molar-refractivity contribution >= 4 is 0 Å². The first-order valence-corrected chi connectivity index (χ1v) is 6.20. The average Bonchev–Trinajstić information content (AvgIpc) is 2.30. The van der Waals surface area contributed by atoms with Crippen LogP contribution in [0.15, 0.2) is 0 Å². The number of ether oxygens (including phenoxy) is 1. The molecule has 3 atom stereocenters. The summed E-state index contributed by atoms with van der Waals surface area (Å²) in [7, 11) is 0. The molecule has 16 heavy (non-hydrogen) atoms. The molecule has 0 bridgehead atoms. The van der Waals surface area contributed by atoms with Crippen molar-refractivity contribution in [1.82, 2.24) is 5.32 Å². The number of hydrogen-bond acceptors (Lipinski definition) is 4. The molecule has 1 aliphatic carbocycles. The van der Waals surface area contributed by atoms with Crippen LogP contribution in [-0.2, 0) is 4.74 Å². The minimum atomic E-state index is -0.202.